The maximum absolute atomic E-state index is 12.7. The average molecular weight is 392 g/mol. The van der Waals surface area contributed by atoms with Gasteiger partial charge in [-0.1, -0.05) is 13.8 Å². The Morgan fingerprint density at radius 3 is 2.62 bits per heavy atom. The second-order valence-electron chi connectivity index (χ2n) is 6.38. The lowest BCUT2D eigenvalue weighted by atomic mass is 9.94. The lowest BCUT2D eigenvalue weighted by molar-refractivity contribution is 0.102. The zero-order valence-corrected chi connectivity index (χ0v) is 17.1. The smallest absolute Gasteiger partial charge is 0.259 e. The number of thioether (sulfide) groups is 2. The van der Waals surface area contributed by atoms with E-state index < -0.39 is 0 Å². The Kier molecular flexibility index (Phi) is 6.24. The van der Waals surface area contributed by atoms with E-state index in [2.05, 4.69) is 39.1 Å². The fourth-order valence-electron chi connectivity index (χ4n) is 3.43. The van der Waals surface area contributed by atoms with Gasteiger partial charge in [-0.05, 0) is 43.8 Å². The van der Waals surface area contributed by atoms with Gasteiger partial charge in [0.15, 0.2) is 0 Å². The first kappa shape index (κ1) is 19.2. The average Bonchev–Trinajstić information content (AvgIpc) is 3.07. The van der Waals surface area contributed by atoms with Crippen molar-refractivity contribution in [3.05, 3.63) is 35.9 Å². The highest BCUT2D eigenvalue weighted by molar-refractivity contribution is 8.17. The third-order valence-electron chi connectivity index (χ3n) is 5.01. The van der Waals surface area contributed by atoms with Crippen molar-refractivity contribution in [2.75, 3.05) is 16.8 Å². The summed E-state index contributed by atoms with van der Waals surface area (Å²) in [5, 5.41) is 15.1. The number of hydrogen-bond acceptors (Lipinski definition) is 6. The highest BCUT2D eigenvalue weighted by Gasteiger charge is 2.41. The minimum absolute atomic E-state index is 0.0728. The third-order valence-corrected chi connectivity index (χ3v) is 8.36. The molecule has 8 heteroatoms. The molecule has 140 valence electrons. The molecule has 0 atom stereocenters. The van der Waals surface area contributed by atoms with Gasteiger partial charge in [-0.25, -0.2) is 0 Å². The van der Waals surface area contributed by atoms with Crippen LogP contribution < -0.4 is 5.32 Å². The fourth-order valence-corrected chi connectivity index (χ4v) is 7.11. The molecule has 2 aromatic heterocycles. The standard InChI is InChI=1S/C18H25N5OS2/c1-4-18(5-2,17-25-9-6-10-26-17)23-13(3)15(12-21-23)16(24)22-14-7-8-19-20-11-14/h7-8,11-12,17H,4-6,9-10H2,1-3H3,(H,19,22,24). The van der Waals surface area contributed by atoms with Gasteiger partial charge in [0, 0.05) is 5.69 Å². The first-order valence-corrected chi connectivity index (χ1v) is 11.1. The molecule has 26 heavy (non-hydrogen) atoms. The van der Waals surface area contributed by atoms with E-state index in [1.165, 1.54) is 24.1 Å². The van der Waals surface area contributed by atoms with Crippen LogP contribution in [-0.2, 0) is 5.54 Å². The summed E-state index contributed by atoms with van der Waals surface area (Å²) in [5.74, 6) is 2.23. The summed E-state index contributed by atoms with van der Waals surface area (Å²) < 4.78 is 2.56. The summed E-state index contributed by atoms with van der Waals surface area (Å²) in [7, 11) is 0. The van der Waals surface area contributed by atoms with Gasteiger partial charge < -0.3 is 5.32 Å². The SMILES string of the molecule is CCC(CC)(C1SCCCS1)n1ncc(C(=O)Nc2ccnnc2)c1C. The molecule has 0 bridgehead atoms. The lowest BCUT2D eigenvalue weighted by Crippen LogP contribution is -2.43. The molecule has 0 aliphatic carbocycles. The number of rotatable bonds is 6. The Morgan fingerprint density at radius 2 is 2.00 bits per heavy atom. The molecule has 0 radical (unpaired) electrons. The summed E-state index contributed by atoms with van der Waals surface area (Å²) in [5.41, 5.74) is 2.09. The van der Waals surface area contributed by atoms with E-state index in [0.717, 1.165) is 18.5 Å². The van der Waals surface area contributed by atoms with E-state index in [0.29, 0.717) is 15.8 Å². The van der Waals surface area contributed by atoms with Crippen LogP contribution in [-0.4, -0.2) is 42.0 Å². The number of nitrogens with one attached hydrogen (secondary N) is 1. The molecule has 1 saturated heterocycles. The van der Waals surface area contributed by atoms with Crippen molar-refractivity contribution in [2.24, 2.45) is 0 Å². The quantitative estimate of drug-likeness (QED) is 0.804. The minimum atomic E-state index is -0.160. The van der Waals surface area contributed by atoms with E-state index in [4.69, 9.17) is 0 Å². The van der Waals surface area contributed by atoms with Crippen molar-refractivity contribution in [1.82, 2.24) is 20.0 Å². The minimum Gasteiger partial charge on any atom is -0.320 e. The van der Waals surface area contributed by atoms with Crippen LogP contribution in [0.25, 0.3) is 0 Å². The van der Waals surface area contributed by atoms with Gasteiger partial charge in [0.05, 0.1) is 40.0 Å². The molecular formula is C18H25N5OS2. The molecule has 0 aromatic carbocycles. The van der Waals surface area contributed by atoms with Gasteiger partial charge in [-0.15, -0.1) is 23.5 Å². The third kappa shape index (κ3) is 3.62. The molecule has 1 fully saturated rings. The molecule has 1 N–H and O–H groups in total. The number of hydrogen-bond donors (Lipinski definition) is 1. The number of nitrogens with zero attached hydrogens (tertiary/aromatic N) is 4. The Morgan fingerprint density at radius 1 is 1.27 bits per heavy atom. The second kappa shape index (κ2) is 8.43. The van der Waals surface area contributed by atoms with E-state index in [1.54, 1.807) is 18.5 Å². The first-order valence-electron chi connectivity index (χ1n) is 8.98. The summed E-state index contributed by atoms with van der Waals surface area (Å²) >= 11 is 4.06. The van der Waals surface area contributed by atoms with Gasteiger partial charge >= 0.3 is 0 Å². The van der Waals surface area contributed by atoms with Crippen LogP contribution in [0.5, 0.6) is 0 Å². The van der Waals surface area contributed by atoms with Gasteiger partial charge in [-0.2, -0.15) is 15.3 Å². The number of carbonyl (C=O) groups excluding carboxylic acids is 1. The van der Waals surface area contributed by atoms with Crippen molar-refractivity contribution in [3.8, 4) is 0 Å². The predicted octanol–water partition coefficient (Wildman–Crippen LogP) is 3.95. The molecule has 0 spiro atoms. The molecule has 0 saturated carbocycles. The Labute approximate surface area is 162 Å². The molecule has 2 aromatic rings. The van der Waals surface area contributed by atoms with E-state index in [1.807, 2.05) is 30.4 Å². The summed E-state index contributed by atoms with van der Waals surface area (Å²) in [4.78, 5) is 12.7. The zero-order chi connectivity index (χ0) is 18.6. The second-order valence-corrected chi connectivity index (χ2v) is 9.10. The van der Waals surface area contributed by atoms with Crippen LogP contribution in [0, 0.1) is 6.92 Å². The van der Waals surface area contributed by atoms with Crippen molar-refractivity contribution in [3.63, 3.8) is 0 Å². The van der Waals surface area contributed by atoms with Gasteiger partial charge in [0.1, 0.15) is 0 Å². The molecule has 1 amide bonds. The fraction of sp³-hybridized carbons (Fsp3) is 0.556. The molecular weight excluding hydrogens is 366 g/mol. The van der Waals surface area contributed by atoms with Crippen molar-refractivity contribution >= 4 is 35.1 Å². The highest BCUT2D eigenvalue weighted by atomic mass is 32.2. The number of anilines is 1. The molecule has 3 rings (SSSR count). The lowest BCUT2D eigenvalue weighted by Gasteiger charge is -2.41. The summed E-state index contributed by atoms with van der Waals surface area (Å²) in [6.07, 6.45) is 8.04. The van der Waals surface area contributed by atoms with Gasteiger partial charge in [0.2, 0.25) is 0 Å². The normalized spacial score (nSPS) is 15.8. The first-order chi connectivity index (χ1) is 12.6. The van der Waals surface area contributed by atoms with E-state index >= 15 is 0 Å². The van der Waals surface area contributed by atoms with Crippen LogP contribution in [0.4, 0.5) is 5.69 Å². The molecule has 1 aliphatic rings. The molecule has 6 nitrogen and oxygen atoms in total. The van der Waals surface area contributed by atoms with Crippen molar-refractivity contribution in [1.29, 1.82) is 0 Å². The van der Waals surface area contributed by atoms with Crippen LogP contribution in [0.3, 0.4) is 0 Å². The zero-order valence-electron chi connectivity index (χ0n) is 15.4. The Hall–Kier alpha value is -1.54. The summed E-state index contributed by atoms with van der Waals surface area (Å²) in [6.45, 7) is 6.44. The van der Waals surface area contributed by atoms with Gasteiger partial charge in [-0.3, -0.25) is 9.48 Å². The molecule has 1 aliphatic heterocycles. The Bertz CT molecular complexity index is 739. The van der Waals surface area contributed by atoms with Crippen molar-refractivity contribution < 1.29 is 4.79 Å². The largest absolute Gasteiger partial charge is 0.320 e. The summed E-state index contributed by atoms with van der Waals surface area (Å²) in [6, 6.07) is 1.72. The van der Waals surface area contributed by atoms with Crippen LogP contribution in [0.2, 0.25) is 0 Å². The van der Waals surface area contributed by atoms with E-state index in [-0.39, 0.29) is 11.4 Å². The maximum atomic E-state index is 12.7. The Balaban J connectivity index is 1.89. The molecule has 3 heterocycles. The topological polar surface area (TPSA) is 72.7 Å². The molecule has 0 unspecified atom stereocenters. The number of amides is 1. The highest BCUT2D eigenvalue weighted by Crippen LogP contribution is 2.46. The number of aromatic nitrogens is 4. The monoisotopic (exact) mass is 391 g/mol. The van der Waals surface area contributed by atoms with Crippen molar-refractivity contribution in [2.45, 2.75) is 50.2 Å². The van der Waals surface area contributed by atoms with Crippen LogP contribution in [0.1, 0.15) is 49.2 Å². The van der Waals surface area contributed by atoms with Crippen LogP contribution in [0.15, 0.2) is 24.7 Å². The van der Waals surface area contributed by atoms with Gasteiger partial charge in [0.25, 0.3) is 5.91 Å². The van der Waals surface area contributed by atoms with Crippen LogP contribution >= 0.6 is 23.5 Å². The number of carbonyl (C=O) groups is 1. The van der Waals surface area contributed by atoms with E-state index in [9.17, 15) is 4.79 Å². The maximum Gasteiger partial charge on any atom is 0.259 e. The predicted molar refractivity (Wildman–Crippen MR) is 109 cm³/mol.